The Morgan fingerprint density at radius 1 is 1.53 bits per heavy atom. The zero-order valence-electron chi connectivity index (χ0n) is 11.5. The van der Waals surface area contributed by atoms with Crippen LogP contribution in [0.2, 0.25) is 0 Å². The number of benzene rings is 1. The third kappa shape index (κ3) is 4.10. The van der Waals surface area contributed by atoms with E-state index >= 15 is 0 Å². The lowest BCUT2D eigenvalue weighted by Crippen LogP contribution is -2.35. The molecular weight excluding hydrogens is 269 g/mol. The molecule has 0 saturated carbocycles. The van der Waals surface area contributed by atoms with E-state index in [4.69, 9.17) is 16.3 Å². The number of carbonyl (C=O) groups is 1. The smallest absolute Gasteiger partial charge is 0.226 e. The van der Waals surface area contributed by atoms with Crippen molar-refractivity contribution in [2.45, 2.75) is 20.4 Å². The van der Waals surface area contributed by atoms with Crippen LogP contribution in [0.1, 0.15) is 19.4 Å². The fourth-order valence-electron chi connectivity index (χ4n) is 1.75. The second kappa shape index (κ2) is 7.34. The number of amides is 1. The fourth-order valence-corrected chi connectivity index (χ4v) is 1.88. The van der Waals surface area contributed by atoms with E-state index in [0.29, 0.717) is 13.1 Å². The molecule has 19 heavy (non-hydrogen) atoms. The largest absolute Gasteiger partial charge is 0.494 e. The van der Waals surface area contributed by atoms with Gasteiger partial charge in [0.05, 0.1) is 7.11 Å². The van der Waals surface area contributed by atoms with Gasteiger partial charge in [0.25, 0.3) is 0 Å². The van der Waals surface area contributed by atoms with Crippen LogP contribution in [-0.2, 0) is 11.3 Å². The highest BCUT2D eigenvalue weighted by Gasteiger charge is 2.19. The summed E-state index contributed by atoms with van der Waals surface area (Å²) >= 11 is 5.69. The zero-order valence-corrected chi connectivity index (χ0v) is 12.2. The average Bonchev–Trinajstić information content (AvgIpc) is 2.43. The molecule has 0 saturated heterocycles. The highest BCUT2D eigenvalue weighted by molar-refractivity contribution is 6.19. The van der Waals surface area contributed by atoms with Crippen LogP contribution in [0.5, 0.6) is 5.75 Å². The number of methoxy groups -OCH3 is 1. The number of carbonyl (C=O) groups excluding carboxylic acids is 1. The molecule has 1 unspecified atom stereocenters. The Balaban J connectivity index is 2.81. The minimum absolute atomic E-state index is 0.0197. The molecule has 1 rings (SSSR count). The van der Waals surface area contributed by atoms with Gasteiger partial charge in [-0.15, -0.1) is 11.6 Å². The molecule has 0 spiro atoms. The molecular formula is C14H19ClFNO2. The van der Waals surface area contributed by atoms with Gasteiger partial charge in [-0.1, -0.05) is 13.0 Å². The second-order valence-corrected chi connectivity index (χ2v) is 4.69. The van der Waals surface area contributed by atoms with Crippen LogP contribution >= 0.6 is 11.6 Å². The normalized spacial score (nSPS) is 12.1. The number of alkyl halides is 1. The van der Waals surface area contributed by atoms with Crippen LogP contribution in [0, 0.1) is 11.7 Å². The zero-order chi connectivity index (χ0) is 14.4. The monoisotopic (exact) mass is 287 g/mol. The molecule has 5 heteroatoms. The van der Waals surface area contributed by atoms with Crippen LogP contribution in [0.15, 0.2) is 18.2 Å². The van der Waals surface area contributed by atoms with Crippen molar-refractivity contribution in [3.8, 4) is 5.75 Å². The SMILES string of the molecule is CCN(Cc1ccc(OC)c(F)c1)C(=O)C(C)CCl. The highest BCUT2D eigenvalue weighted by Crippen LogP contribution is 2.19. The maximum Gasteiger partial charge on any atom is 0.226 e. The van der Waals surface area contributed by atoms with Gasteiger partial charge >= 0.3 is 0 Å². The Morgan fingerprint density at radius 3 is 2.68 bits per heavy atom. The molecule has 0 aliphatic rings. The lowest BCUT2D eigenvalue weighted by molar-refractivity contribution is -0.134. The number of hydrogen-bond acceptors (Lipinski definition) is 2. The average molecular weight is 288 g/mol. The summed E-state index contributed by atoms with van der Waals surface area (Å²) in [4.78, 5) is 13.7. The van der Waals surface area contributed by atoms with E-state index in [-0.39, 0.29) is 23.5 Å². The predicted octanol–water partition coefficient (Wildman–Crippen LogP) is 3.06. The van der Waals surface area contributed by atoms with Crippen molar-refractivity contribution < 1.29 is 13.9 Å². The number of rotatable bonds is 6. The summed E-state index contributed by atoms with van der Waals surface area (Å²) in [7, 11) is 1.42. The predicted molar refractivity (Wildman–Crippen MR) is 73.9 cm³/mol. The van der Waals surface area contributed by atoms with Crippen LogP contribution in [0.4, 0.5) is 4.39 Å². The molecule has 0 aliphatic heterocycles. The quantitative estimate of drug-likeness (QED) is 0.753. The Morgan fingerprint density at radius 2 is 2.21 bits per heavy atom. The Hall–Kier alpha value is -1.29. The molecule has 3 nitrogen and oxygen atoms in total. The van der Waals surface area contributed by atoms with Gasteiger partial charge in [0.1, 0.15) is 0 Å². The van der Waals surface area contributed by atoms with E-state index in [9.17, 15) is 9.18 Å². The third-order valence-electron chi connectivity index (χ3n) is 2.94. The molecule has 106 valence electrons. The maximum atomic E-state index is 13.6. The summed E-state index contributed by atoms with van der Waals surface area (Å²) in [6.07, 6.45) is 0. The van der Waals surface area contributed by atoms with Gasteiger partial charge in [0, 0.05) is 24.9 Å². The minimum Gasteiger partial charge on any atom is -0.494 e. The summed E-state index contributed by atoms with van der Waals surface area (Å²) in [6.45, 7) is 4.61. The standard InChI is InChI=1S/C14H19ClFNO2/c1-4-17(14(18)10(2)8-15)9-11-5-6-13(19-3)12(16)7-11/h5-7,10H,4,8-9H2,1-3H3. The molecule has 1 atom stereocenters. The number of ether oxygens (including phenoxy) is 1. The van der Waals surface area contributed by atoms with Gasteiger partial charge in [0.15, 0.2) is 11.6 Å². The van der Waals surface area contributed by atoms with Gasteiger partial charge in [-0.05, 0) is 24.6 Å². The molecule has 0 aliphatic carbocycles. The molecule has 0 bridgehead atoms. The Bertz CT molecular complexity index is 439. The maximum absolute atomic E-state index is 13.6. The molecule has 0 radical (unpaired) electrons. The van der Waals surface area contributed by atoms with Crippen LogP contribution < -0.4 is 4.74 Å². The first kappa shape index (κ1) is 15.8. The van der Waals surface area contributed by atoms with Gasteiger partial charge in [-0.3, -0.25) is 4.79 Å². The van der Waals surface area contributed by atoms with E-state index in [0.717, 1.165) is 5.56 Å². The van der Waals surface area contributed by atoms with Crippen LogP contribution in [-0.4, -0.2) is 30.3 Å². The molecule has 1 aromatic rings. The summed E-state index contributed by atoms with van der Waals surface area (Å²) in [5.41, 5.74) is 0.732. The molecule has 0 heterocycles. The van der Waals surface area contributed by atoms with Gasteiger partial charge in [-0.25, -0.2) is 4.39 Å². The third-order valence-corrected chi connectivity index (χ3v) is 3.40. The molecule has 0 N–H and O–H groups in total. The van der Waals surface area contributed by atoms with Gasteiger partial charge in [0.2, 0.25) is 5.91 Å². The second-order valence-electron chi connectivity index (χ2n) is 4.38. The first-order chi connectivity index (χ1) is 9.03. The van der Waals surface area contributed by atoms with E-state index in [1.54, 1.807) is 24.0 Å². The molecule has 1 aromatic carbocycles. The molecule has 0 aromatic heterocycles. The highest BCUT2D eigenvalue weighted by atomic mass is 35.5. The summed E-state index contributed by atoms with van der Waals surface area (Å²) in [6, 6.07) is 4.71. The van der Waals surface area contributed by atoms with E-state index in [1.807, 2.05) is 6.92 Å². The fraction of sp³-hybridized carbons (Fsp3) is 0.500. The Labute approximate surface area is 118 Å². The Kier molecular flexibility index (Phi) is 6.09. The lowest BCUT2D eigenvalue weighted by atomic mass is 10.1. The van der Waals surface area contributed by atoms with Crippen molar-refractivity contribution in [2.75, 3.05) is 19.5 Å². The van der Waals surface area contributed by atoms with Crippen molar-refractivity contribution in [1.29, 1.82) is 0 Å². The van der Waals surface area contributed by atoms with Gasteiger partial charge < -0.3 is 9.64 Å². The van der Waals surface area contributed by atoms with E-state index < -0.39 is 5.82 Å². The van der Waals surface area contributed by atoms with Crippen LogP contribution in [0.25, 0.3) is 0 Å². The van der Waals surface area contributed by atoms with Gasteiger partial charge in [-0.2, -0.15) is 0 Å². The first-order valence-electron chi connectivity index (χ1n) is 6.20. The van der Waals surface area contributed by atoms with Crippen molar-refractivity contribution in [2.24, 2.45) is 5.92 Å². The summed E-state index contributed by atoms with van der Waals surface area (Å²) < 4.78 is 18.4. The van der Waals surface area contributed by atoms with Crippen LogP contribution in [0.3, 0.4) is 0 Å². The van der Waals surface area contributed by atoms with Crippen molar-refractivity contribution >= 4 is 17.5 Å². The number of nitrogens with zero attached hydrogens (tertiary/aromatic N) is 1. The topological polar surface area (TPSA) is 29.5 Å². The van der Waals surface area contributed by atoms with Crippen molar-refractivity contribution in [1.82, 2.24) is 4.90 Å². The minimum atomic E-state index is -0.422. The van der Waals surface area contributed by atoms with E-state index in [1.165, 1.54) is 13.2 Å². The lowest BCUT2D eigenvalue weighted by Gasteiger charge is -2.23. The van der Waals surface area contributed by atoms with Crippen molar-refractivity contribution in [3.63, 3.8) is 0 Å². The number of halogens is 2. The number of hydrogen-bond donors (Lipinski definition) is 0. The van der Waals surface area contributed by atoms with E-state index in [2.05, 4.69) is 0 Å². The first-order valence-corrected chi connectivity index (χ1v) is 6.74. The molecule has 1 amide bonds. The molecule has 0 fully saturated rings. The summed E-state index contributed by atoms with van der Waals surface area (Å²) in [5, 5.41) is 0. The summed E-state index contributed by atoms with van der Waals surface area (Å²) in [5.74, 6) is -0.189. The van der Waals surface area contributed by atoms with Crippen molar-refractivity contribution in [3.05, 3.63) is 29.6 Å².